The number of hydrogen-bond donors (Lipinski definition) is 1. The van der Waals surface area contributed by atoms with Crippen LogP contribution in [0.3, 0.4) is 0 Å². The molecule has 1 saturated heterocycles. The van der Waals surface area contributed by atoms with Crippen LogP contribution in [-0.4, -0.2) is 22.9 Å². The summed E-state index contributed by atoms with van der Waals surface area (Å²) >= 11 is 5.68. The van der Waals surface area contributed by atoms with E-state index in [4.69, 9.17) is 17.3 Å². The Labute approximate surface area is 110 Å². The van der Waals surface area contributed by atoms with Crippen molar-refractivity contribution in [3.05, 3.63) is 34.6 Å². The minimum Gasteiger partial charge on any atom is -0.331 e. The molecule has 1 saturated carbocycles. The van der Waals surface area contributed by atoms with Crippen LogP contribution in [0.15, 0.2) is 18.2 Å². The van der Waals surface area contributed by atoms with Gasteiger partial charge in [-0.05, 0) is 30.5 Å². The molecular formula is C13H14ClFN2O. The maximum Gasteiger partial charge on any atom is 0.225 e. The average molecular weight is 269 g/mol. The van der Waals surface area contributed by atoms with Gasteiger partial charge in [-0.15, -0.1) is 0 Å². The zero-order chi connectivity index (χ0) is 12.9. The largest absolute Gasteiger partial charge is 0.331 e. The molecule has 18 heavy (non-hydrogen) atoms. The molecule has 0 spiro atoms. The molecule has 1 aliphatic carbocycles. The number of halogens is 2. The molecule has 2 unspecified atom stereocenters. The van der Waals surface area contributed by atoms with Crippen molar-refractivity contribution >= 4 is 17.5 Å². The molecule has 0 radical (unpaired) electrons. The number of nitrogens with two attached hydrogens (primary N) is 1. The van der Waals surface area contributed by atoms with E-state index in [1.54, 1.807) is 6.07 Å². The fourth-order valence-corrected chi connectivity index (χ4v) is 2.79. The lowest BCUT2D eigenvalue weighted by Gasteiger charge is -2.27. The number of carbonyl (C=O) groups excluding carboxylic acids is 1. The quantitative estimate of drug-likeness (QED) is 0.894. The molecular weight excluding hydrogens is 255 g/mol. The lowest BCUT2D eigenvalue weighted by atomic mass is 10.0. The van der Waals surface area contributed by atoms with Gasteiger partial charge in [0.25, 0.3) is 0 Å². The van der Waals surface area contributed by atoms with E-state index < -0.39 is 5.82 Å². The van der Waals surface area contributed by atoms with Crippen LogP contribution in [0.5, 0.6) is 0 Å². The fourth-order valence-electron chi connectivity index (χ4n) is 2.67. The van der Waals surface area contributed by atoms with Crippen molar-refractivity contribution in [2.45, 2.75) is 37.4 Å². The Balaban J connectivity index is 1.97. The Bertz CT molecular complexity index is 504. The number of nitrogens with zero attached hydrogens (tertiary/aromatic N) is 1. The van der Waals surface area contributed by atoms with E-state index in [1.807, 2.05) is 4.90 Å². The molecule has 3 nitrogen and oxygen atoms in total. The third kappa shape index (κ3) is 1.89. The fraction of sp³-hybridized carbons (Fsp3) is 0.462. The van der Waals surface area contributed by atoms with E-state index in [9.17, 15) is 9.18 Å². The molecule has 5 heteroatoms. The molecule has 1 heterocycles. The van der Waals surface area contributed by atoms with E-state index in [1.165, 1.54) is 12.1 Å². The Kier molecular flexibility index (Phi) is 2.79. The number of likely N-dealkylation sites (tertiary alicyclic amines) is 1. The number of benzene rings is 1. The summed E-state index contributed by atoms with van der Waals surface area (Å²) in [6.07, 6.45) is 2.38. The standard InChI is InChI=1S/C13H14ClFN2O/c14-9-4-1-7(5-10(9)15)13-11(16)6-12(18)17(13)8-2-3-8/h1,4-5,8,11,13H,2-3,6,16H2. The van der Waals surface area contributed by atoms with Crippen molar-refractivity contribution in [2.24, 2.45) is 5.73 Å². The van der Waals surface area contributed by atoms with Crippen LogP contribution >= 0.6 is 11.6 Å². The molecule has 2 fully saturated rings. The highest BCUT2D eigenvalue weighted by Crippen LogP contribution is 2.41. The maximum atomic E-state index is 13.5. The number of hydrogen-bond acceptors (Lipinski definition) is 2. The summed E-state index contributed by atoms with van der Waals surface area (Å²) in [5, 5.41) is 0.0922. The SMILES string of the molecule is NC1CC(=O)N(C2CC2)C1c1ccc(Cl)c(F)c1. The van der Waals surface area contributed by atoms with Gasteiger partial charge in [-0.3, -0.25) is 4.79 Å². The minimum atomic E-state index is -0.462. The van der Waals surface area contributed by atoms with Crippen molar-refractivity contribution in [3.8, 4) is 0 Å². The zero-order valence-corrected chi connectivity index (χ0v) is 10.5. The topological polar surface area (TPSA) is 46.3 Å². The van der Waals surface area contributed by atoms with Crippen LogP contribution in [0.1, 0.15) is 30.9 Å². The molecule has 0 aromatic heterocycles. The first-order chi connectivity index (χ1) is 8.58. The first kappa shape index (κ1) is 11.9. The highest BCUT2D eigenvalue weighted by molar-refractivity contribution is 6.30. The summed E-state index contributed by atoms with van der Waals surface area (Å²) in [7, 11) is 0. The van der Waals surface area contributed by atoms with Gasteiger partial charge in [0.1, 0.15) is 5.82 Å². The lowest BCUT2D eigenvalue weighted by Crippen LogP contribution is -2.34. The van der Waals surface area contributed by atoms with Gasteiger partial charge >= 0.3 is 0 Å². The Morgan fingerprint density at radius 2 is 2.11 bits per heavy atom. The predicted molar refractivity (Wildman–Crippen MR) is 66.6 cm³/mol. The van der Waals surface area contributed by atoms with Gasteiger partial charge in [-0.1, -0.05) is 17.7 Å². The van der Waals surface area contributed by atoms with Crippen molar-refractivity contribution in [1.82, 2.24) is 4.90 Å². The lowest BCUT2D eigenvalue weighted by molar-refractivity contribution is -0.129. The number of rotatable bonds is 2. The molecule has 96 valence electrons. The van der Waals surface area contributed by atoms with E-state index >= 15 is 0 Å². The van der Waals surface area contributed by atoms with Gasteiger partial charge in [-0.25, -0.2) is 4.39 Å². The van der Waals surface area contributed by atoms with Crippen molar-refractivity contribution in [3.63, 3.8) is 0 Å². The summed E-state index contributed by atoms with van der Waals surface area (Å²) in [6.45, 7) is 0. The molecule has 0 bridgehead atoms. The maximum absolute atomic E-state index is 13.5. The van der Waals surface area contributed by atoms with Gasteiger partial charge in [0.05, 0.1) is 11.1 Å². The first-order valence-corrected chi connectivity index (χ1v) is 6.47. The molecule has 1 amide bonds. The smallest absolute Gasteiger partial charge is 0.225 e. The first-order valence-electron chi connectivity index (χ1n) is 6.09. The van der Waals surface area contributed by atoms with Gasteiger partial charge in [-0.2, -0.15) is 0 Å². The molecule has 2 atom stereocenters. The highest BCUT2D eigenvalue weighted by Gasteiger charge is 2.45. The molecule has 2 N–H and O–H groups in total. The van der Waals surface area contributed by atoms with Gasteiger partial charge < -0.3 is 10.6 Å². The van der Waals surface area contributed by atoms with Crippen LogP contribution in [0.2, 0.25) is 5.02 Å². The summed E-state index contributed by atoms with van der Waals surface area (Å²) in [6, 6.07) is 4.47. The normalized spacial score (nSPS) is 27.9. The van der Waals surface area contributed by atoms with E-state index in [2.05, 4.69) is 0 Å². The van der Waals surface area contributed by atoms with Crippen LogP contribution in [-0.2, 0) is 4.79 Å². The third-order valence-electron chi connectivity index (χ3n) is 3.63. The van der Waals surface area contributed by atoms with E-state index in [0.717, 1.165) is 18.4 Å². The monoisotopic (exact) mass is 268 g/mol. The Morgan fingerprint density at radius 3 is 2.72 bits per heavy atom. The van der Waals surface area contributed by atoms with Crippen molar-refractivity contribution in [2.75, 3.05) is 0 Å². The summed E-state index contributed by atoms with van der Waals surface area (Å²) in [5.41, 5.74) is 6.77. The van der Waals surface area contributed by atoms with Crippen LogP contribution in [0.4, 0.5) is 4.39 Å². The van der Waals surface area contributed by atoms with Crippen molar-refractivity contribution < 1.29 is 9.18 Å². The van der Waals surface area contributed by atoms with Gasteiger partial charge in [0.2, 0.25) is 5.91 Å². The summed E-state index contributed by atoms with van der Waals surface area (Å²) < 4.78 is 13.5. The second kappa shape index (κ2) is 4.21. The molecule has 1 aromatic carbocycles. The number of carbonyl (C=O) groups is 1. The van der Waals surface area contributed by atoms with Crippen LogP contribution in [0.25, 0.3) is 0 Å². The third-order valence-corrected chi connectivity index (χ3v) is 3.94. The average Bonchev–Trinajstić information content (AvgIpc) is 3.09. The van der Waals surface area contributed by atoms with Crippen LogP contribution in [0, 0.1) is 5.82 Å². The second-order valence-electron chi connectivity index (χ2n) is 5.02. The molecule has 2 aliphatic rings. The van der Waals surface area contributed by atoms with Gasteiger partial charge in [0, 0.05) is 18.5 Å². The zero-order valence-electron chi connectivity index (χ0n) is 9.77. The van der Waals surface area contributed by atoms with Crippen molar-refractivity contribution in [1.29, 1.82) is 0 Å². The minimum absolute atomic E-state index is 0.0744. The van der Waals surface area contributed by atoms with Crippen LogP contribution < -0.4 is 5.73 Å². The van der Waals surface area contributed by atoms with E-state index in [-0.39, 0.29) is 29.1 Å². The van der Waals surface area contributed by atoms with E-state index in [0.29, 0.717) is 6.42 Å². The number of amides is 1. The Morgan fingerprint density at radius 1 is 1.39 bits per heavy atom. The summed E-state index contributed by atoms with van der Waals surface area (Å²) in [4.78, 5) is 13.8. The summed E-state index contributed by atoms with van der Waals surface area (Å²) in [5.74, 6) is -0.387. The second-order valence-corrected chi connectivity index (χ2v) is 5.43. The highest BCUT2D eigenvalue weighted by atomic mass is 35.5. The molecule has 1 aliphatic heterocycles. The molecule has 3 rings (SSSR count). The molecule has 1 aromatic rings. The Hall–Kier alpha value is -1.13. The predicted octanol–water partition coefficient (Wildman–Crippen LogP) is 2.24. The van der Waals surface area contributed by atoms with Gasteiger partial charge in [0.15, 0.2) is 0 Å².